The number of carbonyl (C=O) groups is 4. The average molecular weight is 382 g/mol. The van der Waals surface area contributed by atoms with Crippen LogP contribution in [0.15, 0.2) is 12.5 Å². The lowest BCUT2D eigenvalue weighted by atomic mass is 10.0. The molecule has 3 amide bonds. The number of nitrogens with one attached hydrogen (secondary N) is 3. The Balaban J connectivity index is 2.81. The molecule has 3 atom stereocenters. The molecule has 0 spiro atoms. The van der Waals surface area contributed by atoms with Gasteiger partial charge in [0.25, 0.3) is 0 Å². The van der Waals surface area contributed by atoms with E-state index in [9.17, 15) is 24.3 Å². The predicted molar refractivity (Wildman–Crippen MR) is 95.0 cm³/mol. The number of hydrogen-bond acceptors (Lipinski definition) is 6. The Labute approximate surface area is 156 Å². The van der Waals surface area contributed by atoms with E-state index >= 15 is 0 Å². The van der Waals surface area contributed by atoms with Crippen molar-refractivity contribution in [3.8, 4) is 0 Å². The van der Waals surface area contributed by atoms with Gasteiger partial charge in [0, 0.05) is 12.6 Å². The molecule has 1 rings (SSSR count). The Morgan fingerprint density at radius 2 is 1.81 bits per heavy atom. The molecule has 1 aromatic rings. The fourth-order valence-electron chi connectivity index (χ4n) is 2.39. The van der Waals surface area contributed by atoms with Gasteiger partial charge < -0.3 is 32.2 Å². The smallest absolute Gasteiger partial charge is 0.326 e. The third kappa shape index (κ3) is 7.86. The molecule has 0 saturated carbocycles. The quantitative estimate of drug-likeness (QED) is 0.261. The molecule has 0 saturated heterocycles. The molecule has 1 aromatic heterocycles. The number of nitrogens with two attached hydrogens (primary N) is 2. The van der Waals surface area contributed by atoms with Gasteiger partial charge in [-0.2, -0.15) is 0 Å². The van der Waals surface area contributed by atoms with Gasteiger partial charge in [-0.1, -0.05) is 13.8 Å². The number of rotatable bonds is 11. The molecule has 0 aliphatic carbocycles. The molecule has 0 aromatic carbocycles. The molecule has 27 heavy (non-hydrogen) atoms. The van der Waals surface area contributed by atoms with Gasteiger partial charge in [-0.05, 0) is 12.3 Å². The van der Waals surface area contributed by atoms with Crippen molar-refractivity contribution in [1.29, 1.82) is 0 Å². The molecule has 0 bridgehead atoms. The first-order valence-corrected chi connectivity index (χ1v) is 8.45. The van der Waals surface area contributed by atoms with Crippen LogP contribution in [0.4, 0.5) is 0 Å². The van der Waals surface area contributed by atoms with E-state index in [-0.39, 0.29) is 12.3 Å². The first-order chi connectivity index (χ1) is 12.6. The van der Waals surface area contributed by atoms with E-state index in [2.05, 4.69) is 20.6 Å². The lowest BCUT2D eigenvalue weighted by Gasteiger charge is -2.22. The zero-order valence-corrected chi connectivity index (χ0v) is 15.3. The molecular formula is C16H26N6O5. The van der Waals surface area contributed by atoms with Crippen LogP contribution >= 0.6 is 0 Å². The van der Waals surface area contributed by atoms with E-state index in [0.717, 1.165) is 0 Å². The number of aromatic nitrogens is 2. The number of hydrogen-bond donors (Lipinski definition) is 6. The van der Waals surface area contributed by atoms with Gasteiger partial charge >= 0.3 is 5.97 Å². The van der Waals surface area contributed by atoms with Crippen LogP contribution in [0.1, 0.15) is 32.4 Å². The zero-order chi connectivity index (χ0) is 20.6. The van der Waals surface area contributed by atoms with Crippen LogP contribution in [0.5, 0.6) is 0 Å². The van der Waals surface area contributed by atoms with Crippen molar-refractivity contribution in [3.63, 3.8) is 0 Å². The van der Waals surface area contributed by atoms with Gasteiger partial charge in [0.15, 0.2) is 0 Å². The molecular weight excluding hydrogens is 356 g/mol. The average Bonchev–Trinajstić information content (AvgIpc) is 3.05. The Morgan fingerprint density at radius 1 is 1.19 bits per heavy atom. The van der Waals surface area contributed by atoms with Crippen molar-refractivity contribution in [2.75, 3.05) is 0 Å². The molecule has 0 aliphatic heterocycles. The standard InChI is InChI=1S/C16H26N6O5/c1-8(2)3-10(17)14(24)21-11(5-13(18)23)15(25)22-12(16(26)27)4-9-6-19-7-20-9/h6-8,10-12H,3-5,17H2,1-2H3,(H2,18,23)(H,19,20)(H,21,24)(H,22,25)(H,26,27)/t10-,11-,12-/m0/s1. The first kappa shape index (κ1) is 22.1. The Bertz CT molecular complexity index is 660. The van der Waals surface area contributed by atoms with E-state index < -0.39 is 48.2 Å². The highest BCUT2D eigenvalue weighted by Crippen LogP contribution is 2.05. The van der Waals surface area contributed by atoms with E-state index in [4.69, 9.17) is 11.5 Å². The maximum Gasteiger partial charge on any atom is 0.326 e. The fraction of sp³-hybridized carbons (Fsp3) is 0.562. The highest BCUT2D eigenvalue weighted by atomic mass is 16.4. The van der Waals surface area contributed by atoms with Crippen molar-refractivity contribution >= 4 is 23.7 Å². The maximum absolute atomic E-state index is 12.4. The molecule has 11 nitrogen and oxygen atoms in total. The predicted octanol–water partition coefficient (Wildman–Crippen LogP) is -1.74. The van der Waals surface area contributed by atoms with Crippen LogP contribution in [0.3, 0.4) is 0 Å². The summed E-state index contributed by atoms with van der Waals surface area (Å²) in [6.45, 7) is 3.76. The molecule has 0 unspecified atom stereocenters. The van der Waals surface area contributed by atoms with Gasteiger partial charge in [-0.25, -0.2) is 9.78 Å². The molecule has 0 aliphatic rings. The van der Waals surface area contributed by atoms with Crippen molar-refractivity contribution < 1.29 is 24.3 Å². The largest absolute Gasteiger partial charge is 0.480 e. The summed E-state index contributed by atoms with van der Waals surface area (Å²) in [5.74, 6) is -3.43. The minimum atomic E-state index is -1.32. The number of carbonyl (C=O) groups excluding carboxylic acids is 3. The minimum Gasteiger partial charge on any atom is -0.480 e. The van der Waals surface area contributed by atoms with Crippen LogP contribution < -0.4 is 22.1 Å². The lowest BCUT2D eigenvalue weighted by Crippen LogP contribution is -2.55. The summed E-state index contributed by atoms with van der Waals surface area (Å²) in [6.07, 6.45) is 2.70. The molecule has 150 valence electrons. The highest BCUT2D eigenvalue weighted by Gasteiger charge is 2.29. The number of aliphatic carboxylic acids is 1. The second-order valence-corrected chi connectivity index (χ2v) is 6.63. The number of aromatic amines is 1. The molecule has 11 heteroatoms. The SMILES string of the molecule is CC(C)C[C@H](N)C(=O)N[C@@H](CC(N)=O)C(=O)N[C@@H](Cc1c[nH]cn1)C(=O)O. The van der Waals surface area contributed by atoms with Crippen molar-refractivity contribution in [2.24, 2.45) is 17.4 Å². The van der Waals surface area contributed by atoms with Crippen molar-refractivity contribution in [1.82, 2.24) is 20.6 Å². The normalized spacial score (nSPS) is 14.2. The second-order valence-electron chi connectivity index (χ2n) is 6.63. The summed E-state index contributed by atoms with van der Waals surface area (Å²) in [4.78, 5) is 53.8. The summed E-state index contributed by atoms with van der Waals surface area (Å²) >= 11 is 0. The number of imidazole rings is 1. The number of H-pyrrole nitrogens is 1. The molecule has 0 radical (unpaired) electrons. The topological polar surface area (TPSA) is 193 Å². The van der Waals surface area contributed by atoms with Gasteiger partial charge in [0.05, 0.1) is 24.5 Å². The van der Waals surface area contributed by atoms with Crippen LogP contribution in [-0.2, 0) is 25.6 Å². The van der Waals surface area contributed by atoms with Crippen LogP contribution in [0.2, 0.25) is 0 Å². The Kier molecular flexibility index (Phi) is 8.39. The van der Waals surface area contributed by atoms with Crippen molar-refractivity contribution in [3.05, 3.63) is 18.2 Å². The monoisotopic (exact) mass is 382 g/mol. The Hall–Kier alpha value is -2.95. The van der Waals surface area contributed by atoms with Crippen molar-refractivity contribution in [2.45, 2.75) is 51.2 Å². The third-order valence-corrected chi connectivity index (χ3v) is 3.68. The third-order valence-electron chi connectivity index (χ3n) is 3.68. The van der Waals surface area contributed by atoms with E-state index in [1.165, 1.54) is 12.5 Å². The van der Waals surface area contributed by atoms with E-state index in [1.807, 2.05) is 13.8 Å². The summed E-state index contributed by atoms with van der Waals surface area (Å²) in [5, 5.41) is 14.0. The Morgan fingerprint density at radius 3 is 2.30 bits per heavy atom. The summed E-state index contributed by atoms with van der Waals surface area (Å²) in [6, 6.07) is -3.49. The number of carboxylic acids is 1. The second kappa shape index (κ2) is 10.3. The molecule has 1 heterocycles. The fourth-order valence-corrected chi connectivity index (χ4v) is 2.39. The summed E-state index contributed by atoms with van der Waals surface area (Å²) in [5.41, 5.74) is 11.3. The zero-order valence-electron chi connectivity index (χ0n) is 15.3. The lowest BCUT2D eigenvalue weighted by molar-refractivity contribution is -0.142. The molecule has 0 fully saturated rings. The van der Waals surface area contributed by atoms with Gasteiger partial charge in [-0.15, -0.1) is 0 Å². The van der Waals surface area contributed by atoms with Gasteiger partial charge in [0.2, 0.25) is 17.7 Å². The number of primary amides is 1. The first-order valence-electron chi connectivity index (χ1n) is 8.45. The van der Waals surface area contributed by atoms with Gasteiger partial charge in [-0.3, -0.25) is 14.4 Å². The van der Waals surface area contributed by atoms with Gasteiger partial charge in [0.1, 0.15) is 12.1 Å². The summed E-state index contributed by atoms with van der Waals surface area (Å²) in [7, 11) is 0. The number of amides is 3. The highest BCUT2D eigenvalue weighted by molar-refractivity contribution is 5.94. The number of nitrogens with zero attached hydrogens (tertiary/aromatic N) is 1. The van der Waals surface area contributed by atoms with E-state index in [0.29, 0.717) is 12.1 Å². The molecule has 8 N–H and O–H groups in total. The van der Waals surface area contributed by atoms with Crippen LogP contribution in [0, 0.1) is 5.92 Å². The summed E-state index contributed by atoms with van der Waals surface area (Å²) < 4.78 is 0. The number of carboxylic acid groups (broad SMARTS) is 1. The van der Waals surface area contributed by atoms with E-state index in [1.54, 1.807) is 0 Å². The van der Waals surface area contributed by atoms with Crippen LogP contribution in [-0.4, -0.2) is 56.9 Å². The minimum absolute atomic E-state index is 0.0747. The van der Waals surface area contributed by atoms with Crippen LogP contribution in [0.25, 0.3) is 0 Å². The maximum atomic E-state index is 12.4.